The first-order chi connectivity index (χ1) is 9.28. The fraction of sp³-hybridized carbons (Fsp3) is 1.00. The van der Waals surface area contributed by atoms with Crippen molar-refractivity contribution in [2.75, 3.05) is 20.2 Å². The molecular weight excluding hydrogens is 234 g/mol. The van der Waals surface area contributed by atoms with Crippen molar-refractivity contribution in [3.63, 3.8) is 0 Å². The molecule has 1 aliphatic heterocycles. The number of ether oxygens (including phenoxy) is 1. The van der Waals surface area contributed by atoms with Gasteiger partial charge in [0.15, 0.2) is 0 Å². The van der Waals surface area contributed by atoms with E-state index in [1.807, 2.05) is 7.11 Å². The van der Waals surface area contributed by atoms with Gasteiger partial charge in [0, 0.05) is 13.7 Å². The van der Waals surface area contributed by atoms with E-state index < -0.39 is 0 Å². The monoisotopic (exact) mass is 263 g/mol. The largest absolute Gasteiger partial charge is 0.377 e. The van der Waals surface area contributed by atoms with Crippen LogP contribution >= 0.6 is 0 Å². The topological polar surface area (TPSA) is 21.3 Å². The van der Waals surface area contributed by atoms with Crippen molar-refractivity contribution in [3.8, 4) is 0 Å². The summed E-state index contributed by atoms with van der Waals surface area (Å²) in [6, 6.07) is 0. The summed E-state index contributed by atoms with van der Waals surface area (Å²) in [6.45, 7) is 2.23. The Morgan fingerprint density at radius 1 is 1.05 bits per heavy atom. The van der Waals surface area contributed by atoms with Crippen LogP contribution in [0.3, 0.4) is 0 Å². The first kappa shape index (κ1) is 12.6. The molecule has 5 rings (SSSR count). The molecule has 0 radical (unpaired) electrons. The zero-order valence-corrected chi connectivity index (χ0v) is 12.4. The van der Waals surface area contributed by atoms with E-state index in [1.165, 1.54) is 19.3 Å². The number of methoxy groups -OCH3 is 1. The summed E-state index contributed by atoms with van der Waals surface area (Å²) in [4.78, 5) is 0. The lowest BCUT2D eigenvalue weighted by Gasteiger charge is -2.55. The fourth-order valence-electron chi connectivity index (χ4n) is 6.15. The Morgan fingerprint density at radius 2 is 1.74 bits per heavy atom. The molecule has 0 aromatic carbocycles. The van der Waals surface area contributed by atoms with Crippen molar-refractivity contribution in [3.05, 3.63) is 0 Å². The molecule has 108 valence electrons. The van der Waals surface area contributed by atoms with Gasteiger partial charge in [-0.05, 0) is 87.5 Å². The first-order valence-corrected chi connectivity index (χ1v) is 8.54. The second kappa shape index (κ2) is 4.73. The minimum atomic E-state index is 0.175. The van der Waals surface area contributed by atoms with Crippen LogP contribution in [-0.4, -0.2) is 25.8 Å². The third-order valence-electron chi connectivity index (χ3n) is 6.99. The van der Waals surface area contributed by atoms with Crippen molar-refractivity contribution in [2.24, 2.45) is 29.6 Å². The summed E-state index contributed by atoms with van der Waals surface area (Å²) < 4.78 is 5.88. The second-order valence-corrected chi connectivity index (χ2v) is 7.95. The summed E-state index contributed by atoms with van der Waals surface area (Å²) >= 11 is 0. The van der Waals surface area contributed by atoms with E-state index in [-0.39, 0.29) is 5.60 Å². The number of hydrogen-bond donors (Lipinski definition) is 1. The van der Waals surface area contributed by atoms with E-state index in [9.17, 15) is 0 Å². The van der Waals surface area contributed by atoms with E-state index in [1.54, 1.807) is 32.1 Å². The van der Waals surface area contributed by atoms with Crippen LogP contribution in [0.15, 0.2) is 0 Å². The average molecular weight is 263 g/mol. The van der Waals surface area contributed by atoms with Crippen LogP contribution in [0.5, 0.6) is 0 Å². The Labute approximate surface area is 117 Å². The second-order valence-electron chi connectivity index (χ2n) is 7.95. The molecule has 4 aliphatic carbocycles. The quantitative estimate of drug-likeness (QED) is 0.841. The highest BCUT2D eigenvalue weighted by Gasteiger charge is 2.48. The molecule has 4 bridgehead atoms. The van der Waals surface area contributed by atoms with Crippen molar-refractivity contribution >= 4 is 0 Å². The van der Waals surface area contributed by atoms with Crippen molar-refractivity contribution in [1.29, 1.82) is 0 Å². The molecule has 0 spiro atoms. The van der Waals surface area contributed by atoms with Crippen LogP contribution in [0, 0.1) is 29.6 Å². The Balaban J connectivity index is 1.40. The lowest BCUT2D eigenvalue weighted by Crippen LogP contribution is -2.46. The highest BCUT2D eigenvalue weighted by Crippen LogP contribution is 2.57. The maximum Gasteiger partial charge on any atom is 0.0814 e. The number of hydrogen-bond acceptors (Lipinski definition) is 2. The van der Waals surface area contributed by atoms with Crippen LogP contribution < -0.4 is 5.32 Å². The molecule has 19 heavy (non-hydrogen) atoms. The van der Waals surface area contributed by atoms with Gasteiger partial charge in [-0.1, -0.05) is 0 Å². The Kier molecular flexibility index (Phi) is 3.15. The van der Waals surface area contributed by atoms with Crippen LogP contribution in [0.4, 0.5) is 0 Å². The standard InChI is InChI=1S/C17H29NO/c1-19-17(4-5-18-11-17)3-2-16-14-7-12-6-13(9-14)10-15(16)8-12/h12-16,18H,2-11H2,1H3. The first-order valence-electron chi connectivity index (χ1n) is 8.54. The Hall–Kier alpha value is -0.0800. The predicted octanol–water partition coefficient (Wildman–Crippen LogP) is 3.22. The van der Waals surface area contributed by atoms with Gasteiger partial charge in [-0.2, -0.15) is 0 Å². The average Bonchev–Trinajstić information content (AvgIpc) is 2.86. The van der Waals surface area contributed by atoms with Gasteiger partial charge in [-0.15, -0.1) is 0 Å². The Bertz CT molecular complexity index is 306. The molecule has 0 aromatic heterocycles. The summed E-state index contributed by atoms with van der Waals surface area (Å²) in [7, 11) is 1.92. The predicted molar refractivity (Wildman–Crippen MR) is 77.0 cm³/mol. The zero-order valence-electron chi connectivity index (χ0n) is 12.4. The summed E-state index contributed by atoms with van der Waals surface area (Å²) in [5.74, 6) is 5.44. The van der Waals surface area contributed by atoms with Crippen LogP contribution in [0.2, 0.25) is 0 Å². The SMILES string of the molecule is COC1(CCC2C3CC4CC(C3)CC2C4)CCNC1. The lowest BCUT2D eigenvalue weighted by atomic mass is 9.51. The fourth-order valence-corrected chi connectivity index (χ4v) is 6.15. The van der Waals surface area contributed by atoms with E-state index in [0.29, 0.717) is 0 Å². The Morgan fingerprint density at radius 3 is 2.26 bits per heavy atom. The smallest absolute Gasteiger partial charge is 0.0814 e. The van der Waals surface area contributed by atoms with Crippen LogP contribution in [0.25, 0.3) is 0 Å². The molecule has 1 saturated heterocycles. The zero-order chi connectivity index (χ0) is 12.9. The molecule has 0 amide bonds. The van der Waals surface area contributed by atoms with Crippen LogP contribution in [-0.2, 0) is 4.74 Å². The molecule has 5 aliphatic rings. The third-order valence-corrected chi connectivity index (χ3v) is 6.99. The summed E-state index contributed by atoms with van der Waals surface area (Å²) in [6.07, 6.45) is 11.8. The van der Waals surface area contributed by atoms with Gasteiger partial charge in [0.2, 0.25) is 0 Å². The van der Waals surface area contributed by atoms with E-state index in [0.717, 1.165) is 42.7 Å². The minimum absolute atomic E-state index is 0.175. The molecule has 2 nitrogen and oxygen atoms in total. The number of rotatable bonds is 4. The minimum Gasteiger partial charge on any atom is -0.377 e. The van der Waals surface area contributed by atoms with Crippen molar-refractivity contribution < 1.29 is 4.74 Å². The lowest BCUT2D eigenvalue weighted by molar-refractivity contribution is -0.0579. The molecule has 1 atom stereocenters. The van der Waals surface area contributed by atoms with Gasteiger partial charge in [0.05, 0.1) is 5.60 Å². The third kappa shape index (κ3) is 2.15. The molecular formula is C17H29NO. The molecule has 1 heterocycles. The maximum atomic E-state index is 5.88. The highest BCUT2D eigenvalue weighted by molar-refractivity contribution is 4.99. The van der Waals surface area contributed by atoms with Crippen LogP contribution in [0.1, 0.15) is 51.4 Å². The van der Waals surface area contributed by atoms with Crippen molar-refractivity contribution in [2.45, 2.75) is 57.0 Å². The van der Waals surface area contributed by atoms with Gasteiger partial charge in [-0.25, -0.2) is 0 Å². The van der Waals surface area contributed by atoms with Crippen molar-refractivity contribution in [1.82, 2.24) is 5.32 Å². The van der Waals surface area contributed by atoms with Gasteiger partial charge >= 0.3 is 0 Å². The summed E-state index contributed by atoms with van der Waals surface area (Å²) in [5.41, 5.74) is 0.175. The molecule has 1 unspecified atom stereocenters. The number of nitrogens with one attached hydrogen (secondary N) is 1. The normalized spacial score (nSPS) is 51.9. The van der Waals surface area contributed by atoms with E-state index >= 15 is 0 Å². The molecule has 1 N–H and O–H groups in total. The molecule has 0 aromatic rings. The van der Waals surface area contributed by atoms with Gasteiger partial charge in [0.25, 0.3) is 0 Å². The van der Waals surface area contributed by atoms with Gasteiger partial charge < -0.3 is 10.1 Å². The van der Waals surface area contributed by atoms with E-state index in [2.05, 4.69) is 5.32 Å². The molecule has 2 heteroatoms. The maximum absolute atomic E-state index is 5.88. The van der Waals surface area contributed by atoms with E-state index in [4.69, 9.17) is 4.74 Å². The highest BCUT2D eigenvalue weighted by atomic mass is 16.5. The molecule has 5 fully saturated rings. The molecule has 4 saturated carbocycles. The van der Waals surface area contributed by atoms with Gasteiger partial charge in [-0.3, -0.25) is 0 Å². The van der Waals surface area contributed by atoms with Gasteiger partial charge in [0.1, 0.15) is 0 Å². The summed E-state index contributed by atoms with van der Waals surface area (Å²) in [5, 5.41) is 3.49.